The highest BCUT2D eigenvalue weighted by Crippen LogP contribution is 2.23. The van der Waals surface area contributed by atoms with Crippen LogP contribution < -0.4 is 10.6 Å². The Morgan fingerprint density at radius 1 is 0.857 bits per heavy atom. The lowest BCUT2D eigenvalue weighted by Crippen LogP contribution is -2.19. The van der Waals surface area contributed by atoms with Crippen LogP contribution in [0.4, 0.5) is 16.2 Å². The van der Waals surface area contributed by atoms with Crippen LogP contribution >= 0.6 is 11.6 Å². The molecule has 2 N–H and O–H groups in total. The summed E-state index contributed by atoms with van der Waals surface area (Å²) in [6, 6.07) is 20.4. The summed E-state index contributed by atoms with van der Waals surface area (Å²) >= 11 is 5.89. The highest BCUT2D eigenvalue weighted by molar-refractivity contribution is 6.30. The van der Waals surface area contributed by atoms with Crippen molar-refractivity contribution in [1.82, 2.24) is 0 Å². The molecule has 104 valence electrons. The molecule has 0 aliphatic carbocycles. The molecule has 0 heterocycles. The van der Waals surface area contributed by atoms with Crippen LogP contribution in [0.5, 0.6) is 0 Å². The fourth-order valence-electron chi connectivity index (χ4n) is 2.19. The summed E-state index contributed by atoms with van der Waals surface area (Å²) < 4.78 is 0. The molecule has 3 aromatic carbocycles. The molecule has 4 heteroatoms. The van der Waals surface area contributed by atoms with Crippen molar-refractivity contribution in [2.75, 3.05) is 10.6 Å². The van der Waals surface area contributed by atoms with E-state index in [2.05, 4.69) is 10.6 Å². The fraction of sp³-hybridized carbons (Fsp3) is 0. The summed E-state index contributed by atoms with van der Waals surface area (Å²) in [4.78, 5) is 12.1. The van der Waals surface area contributed by atoms with Gasteiger partial charge in [-0.05, 0) is 29.7 Å². The molecule has 0 aliphatic heterocycles. The van der Waals surface area contributed by atoms with Crippen LogP contribution in [-0.4, -0.2) is 6.03 Å². The van der Waals surface area contributed by atoms with Crippen molar-refractivity contribution < 1.29 is 4.79 Å². The lowest BCUT2D eigenvalue weighted by Gasteiger charge is -2.10. The molecule has 0 fully saturated rings. The Hall–Kier alpha value is -2.52. The van der Waals surface area contributed by atoms with Crippen LogP contribution in [-0.2, 0) is 0 Å². The van der Waals surface area contributed by atoms with Gasteiger partial charge in [0.15, 0.2) is 0 Å². The minimum absolute atomic E-state index is 0.298. The first-order valence-electron chi connectivity index (χ1n) is 6.54. The van der Waals surface area contributed by atoms with Crippen molar-refractivity contribution in [3.63, 3.8) is 0 Å². The number of carbonyl (C=O) groups excluding carboxylic acids is 1. The lowest BCUT2D eigenvalue weighted by molar-refractivity contribution is 0.262. The quantitative estimate of drug-likeness (QED) is 0.675. The Kier molecular flexibility index (Phi) is 3.75. The van der Waals surface area contributed by atoms with Crippen molar-refractivity contribution in [1.29, 1.82) is 0 Å². The third kappa shape index (κ3) is 3.15. The molecule has 0 spiro atoms. The maximum absolute atomic E-state index is 12.1. The molecule has 21 heavy (non-hydrogen) atoms. The van der Waals surface area contributed by atoms with Crippen molar-refractivity contribution in [3.05, 3.63) is 71.8 Å². The number of carbonyl (C=O) groups is 1. The maximum atomic E-state index is 12.1. The van der Waals surface area contributed by atoms with E-state index in [0.29, 0.717) is 10.7 Å². The highest BCUT2D eigenvalue weighted by atomic mass is 35.5. The van der Waals surface area contributed by atoms with Crippen LogP contribution in [0.25, 0.3) is 10.8 Å². The van der Waals surface area contributed by atoms with E-state index < -0.39 is 0 Å². The standard InChI is InChI=1S/C17H13ClN2O/c18-13-7-4-8-14(11-13)19-17(21)20-16-10-3-6-12-5-1-2-9-15(12)16/h1-11H,(H2,19,20,21). The van der Waals surface area contributed by atoms with Crippen LogP contribution in [0, 0.1) is 0 Å². The number of fused-ring (bicyclic) bond motifs is 1. The Morgan fingerprint density at radius 2 is 1.62 bits per heavy atom. The topological polar surface area (TPSA) is 41.1 Å². The van der Waals surface area contributed by atoms with E-state index in [4.69, 9.17) is 11.6 Å². The van der Waals surface area contributed by atoms with E-state index in [1.165, 1.54) is 0 Å². The van der Waals surface area contributed by atoms with Crippen LogP contribution in [0.15, 0.2) is 66.7 Å². The summed E-state index contributed by atoms with van der Waals surface area (Å²) in [5.74, 6) is 0. The van der Waals surface area contributed by atoms with Gasteiger partial charge >= 0.3 is 6.03 Å². The molecule has 3 nitrogen and oxygen atoms in total. The zero-order chi connectivity index (χ0) is 14.7. The summed E-state index contributed by atoms with van der Waals surface area (Å²) in [6.45, 7) is 0. The van der Waals surface area contributed by atoms with Gasteiger partial charge < -0.3 is 10.6 Å². The number of nitrogens with one attached hydrogen (secondary N) is 2. The van der Waals surface area contributed by atoms with Crippen molar-refractivity contribution in [2.24, 2.45) is 0 Å². The number of benzene rings is 3. The smallest absolute Gasteiger partial charge is 0.308 e. The van der Waals surface area contributed by atoms with Crippen molar-refractivity contribution in [2.45, 2.75) is 0 Å². The molecular formula is C17H13ClN2O. The average molecular weight is 297 g/mol. The number of hydrogen-bond donors (Lipinski definition) is 2. The predicted octanol–water partition coefficient (Wildman–Crippen LogP) is 5.14. The van der Waals surface area contributed by atoms with Crippen molar-refractivity contribution in [3.8, 4) is 0 Å². The normalized spacial score (nSPS) is 10.3. The molecular weight excluding hydrogens is 284 g/mol. The average Bonchev–Trinajstić information content (AvgIpc) is 2.47. The number of hydrogen-bond acceptors (Lipinski definition) is 1. The highest BCUT2D eigenvalue weighted by Gasteiger charge is 2.05. The minimum atomic E-state index is -0.298. The summed E-state index contributed by atoms with van der Waals surface area (Å²) in [5.41, 5.74) is 1.42. The Bertz CT molecular complexity index is 796. The Labute approximate surface area is 127 Å². The van der Waals surface area contributed by atoms with E-state index in [1.54, 1.807) is 24.3 Å². The Balaban J connectivity index is 1.80. The third-order valence-corrected chi connectivity index (χ3v) is 3.36. The van der Waals surface area contributed by atoms with Gasteiger partial charge in [0.05, 0.1) is 5.69 Å². The molecule has 3 aromatic rings. The maximum Gasteiger partial charge on any atom is 0.323 e. The number of urea groups is 1. The van der Waals surface area contributed by atoms with Gasteiger partial charge in [-0.1, -0.05) is 54.1 Å². The first kappa shape index (κ1) is 13.5. The van der Waals surface area contributed by atoms with E-state index in [0.717, 1.165) is 16.5 Å². The molecule has 0 radical (unpaired) electrons. The fourth-order valence-corrected chi connectivity index (χ4v) is 2.38. The molecule has 0 aliphatic rings. The van der Waals surface area contributed by atoms with Gasteiger partial charge in [0, 0.05) is 16.1 Å². The lowest BCUT2D eigenvalue weighted by atomic mass is 10.1. The largest absolute Gasteiger partial charge is 0.323 e. The summed E-state index contributed by atoms with van der Waals surface area (Å²) in [7, 11) is 0. The molecule has 0 bridgehead atoms. The number of halogens is 1. The molecule has 2 amide bonds. The van der Waals surface area contributed by atoms with Gasteiger partial charge in [0.25, 0.3) is 0 Å². The summed E-state index contributed by atoms with van der Waals surface area (Å²) in [5, 5.41) is 8.29. The second-order valence-corrected chi connectivity index (χ2v) is 5.05. The van der Waals surface area contributed by atoms with Crippen molar-refractivity contribution >= 4 is 39.8 Å². The van der Waals surface area contributed by atoms with E-state index in [1.807, 2.05) is 42.5 Å². The minimum Gasteiger partial charge on any atom is -0.308 e. The van der Waals surface area contributed by atoms with Gasteiger partial charge in [0.2, 0.25) is 0 Å². The molecule has 3 rings (SSSR count). The van der Waals surface area contributed by atoms with E-state index in [-0.39, 0.29) is 6.03 Å². The number of amides is 2. The first-order valence-corrected chi connectivity index (χ1v) is 6.91. The first-order chi connectivity index (χ1) is 10.2. The third-order valence-electron chi connectivity index (χ3n) is 3.12. The monoisotopic (exact) mass is 296 g/mol. The van der Waals surface area contributed by atoms with E-state index >= 15 is 0 Å². The van der Waals surface area contributed by atoms with Gasteiger partial charge in [-0.25, -0.2) is 4.79 Å². The number of rotatable bonds is 2. The zero-order valence-electron chi connectivity index (χ0n) is 11.1. The number of anilines is 2. The summed E-state index contributed by atoms with van der Waals surface area (Å²) in [6.07, 6.45) is 0. The zero-order valence-corrected chi connectivity index (χ0v) is 11.9. The molecule has 0 unspecified atom stereocenters. The van der Waals surface area contributed by atoms with Gasteiger partial charge in [-0.2, -0.15) is 0 Å². The van der Waals surface area contributed by atoms with E-state index in [9.17, 15) is 4.79 Å². The van der Waals surface area contributed by atoms with Gasteiger partial charge in [0.1, 0.15) is 0 Å². The molecule has 0 saturated heterocycles. The molecule has 0 aromatic heterocycles. The molecule has 0 atom stereocenters. The SMILES string of the molecule is O=C(Nc1cccc(Cl)c1)Nc1cccc2ccccc12. The molecule has 0 saturated carbocycles. The Morgan fingerprint density at radius 3 is 2.48 bits per heavy atom. The van der Waals surface area contributed by atoms with Crippen LogP contribution in [0.3, 0.4) is 0 Å². The van der Waals surface area contributed by atoms with Gasteiger partial charge in [-0.15, -0.1) is 0 Å². The van der Waals surface area contributed by atoms with Crippen LogP contribution in [0.1, 0.15) is 0 Å². The predicted molar refractivity (Wildman–Crippen MR) is 88.0 cm³/mol. The second kappa shape index (κ2) is 5.85. The van der Waals surface area contributed by atoms with Crippen LogP contribution in [0.2, 0.25) is 5.02 Å². The second-order valence-electron chi connectivity index (χ2n) is 4.62. The van der Waals surface area contributed by atoms with Gasteiger partial charge in [-0.3, -0.25) is 0 Å².